The molecule has 0 fully saturated rings. The first-order chi connectivity index (χ1) is 22.2. The standard InChI is InChI=1S/C42H25NO2/c1-2-7-39-35(6-1)37-23-42-38(24-41(37)44-39)36-22-32(16-17-40(36)45-42)31-15-14-29-19-28(12-13-30(29)20-31)26-8-10-27(11-9-26)33-21-34-5-3-4-18-43(34)25-33/h1-25H. The topological polar surface area (TPSA) is 30.7 Å². The Balaban J connectivity index is 0.990. The minimum Gasteiger partial charge on any atom is -0.456 e. The van der Waals surface area contributed by atoms with E-state index in [0.29, 0.717) is 0 Å². The third-order valence-corrected chi connectivity index (χ3v) is 9.20. The Morgan fingerprint density at radius 3 is 1.67 bits per heavy atom. The van der Waals surface area contributed by atoms with Crippen molar-refractivity contribution in [1.29, 1.82) is 0 Å². The zero-order valence-corrected chi connectivity index (χ0v) is 24.2. The zero-order valence-electron chi connectivity index (χ0n) is 24.2. The van der Waals surface area contributed by atoms with E-state index < -0.39 is 0 Å². The molecule has 10 aromatic rings. The van der Waals surface area contributed by atoms with Crippen LogP contribution in [0.2, 0.25) is 0 Å². The van der Waals surface area contributed by atoms with Gasteiger partial charge in [-0.2, -0.15) is 0 Å². The molecular weight excluding hydrogens is 550 g/mol. The van der Waals surface area contributed by atoms with Crippen molar-refractivity contribution in [2.75, 3.05) is 0 Å². The fraction of sp³-hybridized carbons (Fsp3) is 0. The highest BCUT2D eigenvalue weighted by atomic mass is 16.3. The minimum absolute atomic E-state index is 0.877. The van der Waals surface area contributed by atoms with Gasteiger partial charge in [-0.3, -0.25) is 0 Å². The highest BCUT2D eigenvalue weighted by molar-refractivity contribution is 6.15. The summed E-state index contributed by atoms with van der Waals surface area (Å²) >= 11 is 0. The third-order valence-electron chi connectivity index (χ3n) is 9.20. The second-order valence-electron chi connectivity index (χ2n) is 11.9. The Morgan fingerprint density at radius 1 is 0.356 bits per heavy atom. The molecule has 0 bridgehead atoms. The molecule has 0 radical (unpaired) electrons. The third kappa shape index (κ3) is 3.84. The molecular formula is C42H25NO2. The fourth-order valence-corrected chi connectivity index (χ4v) is 6.85. The van der Waals surface area contributed by atoms with Gasteiger partial charge in [0.1, 0.15) is 22.3 Å². The van der Waals surface area contributed by atoms with Gasteiger partial charge >= 0.3 is 0 Å². The van der Waals surface area contributed by atoms with Gasteiger partial charge in [0.15, 0.2) is 0 Å². The SMILES string of the molecule is c1ccc2c(c1)oc1cc3c(cc12)oc1ccc(-c2ccc4cc(-c5ccc(-c6cc7ccccn7c6)cc5)ccc4c2)cc13. The van der Waals surface area contributed by atoms with Crippen molar-refractivity contribution < 1.29 is 8.83 Å². The molecule has 45 heavy (non-hydrogen) atoms. The van der Waals surface area contributed by atoms with Crippen molar-refractivity contribution in [3.05, 3.63) is 152 Å². The summed E-state index contributed by atoms with van der Waals surface area (Å²) in [6.07, 6.45) is 4.27. The van der Waals surface area contributed by atoms with Crippen LogP contribution in [0.5, 0.6) is 0 Å². The summed E-state index contributed by atoms with van der Waals surface area (Å²) in [5, 5.41) is 6.79. The van der Waals surface area contributed by atoms with Gasteiger partial charge in [0.05, 0.1) is 0 Å². The van der Waals surface area contributed by atoms with Gasteiger partial charge in [-0.25, -0.2) is 0 Å². The van der Waals surface area contributed by atoms with Crippen LogP contribution in [0, 0.1) is 0 Å². The number of aromatic nitrogens is 1. The monoisotopic (exact) mass is 575 g/mol. The summed E-state index contributed by atoms with van der Waals surface area (Å²) in [6, 6.07) is 49.7. The van der Waals surface area contributed by atoms with E-state index in [1.807, 2.05) is 18.2 Å². The first kappa shape index (κ1) is 24.4. The van der Waals surface area contributed by atoms with Crippen molar-refractivity contribution in [1.82, 2.24) is 4.40 Å². The summed E-state index contributed by atoms with van der Waals surface area (Å²) in [4.78, 5) is 0. The Kier molecular flexibility index (Phi) is 5.00. The van der Waals surface area contributed by atoms with Crippen LogP contribution < -0.4 is 0 Å². The number of pyridine rings is 1. The lowest BCUT2D eigenvalue weighted by Crippen LogP contribution is -1.83. The summed E-state index contributed by atoms with van der Waals surface area (Å²) < 4.78 is 14.6. The van der Waals surface area contributed by atoms with Gasteiger partial charge in [0.25, 0.3) is 0 Å². The molecule has 10 rings (SSSR count). The number of benzene rings is 6. The van der Waals surface area contributed by atoms with E-state index in [2.05, 4.69) is 138 Å². The van der Waals surface area contributed by atoms with Gasteiger partial charge in [0, 0.05) is 45.0 Å². The van der Waals surface area contributed by atoms with Crippen LogP contribution in [0.4, 0.5) is 0 Å². The predicted octanol–water partition coefficient (Wildman–Crippen LogP) is 11.9. The molecule has 3 nitrogen and oxygen atoms in total. The van der Waals surface area contributed by atoms with E-state index in [9.17, 15) is 0 Å². The highest BCUT2D eigenvalue weighted by Gasteiger charge is 2.14. The number of fused-ring (bicyclic) bond motifs is 8. The van der Waals surface area contributed by atoms with Crippen LogP contribution in [-0.4, -0.2) is 4.40 Å². The highest BCUT2D eigenvalue weighted by Crippen LogP contribution is 2.38. The van der Waals surface area contributed by atoms with Crippen molar-refractivity contribution in [3.63, 3.8) is 0 Å². The molecule has 3 heteroatoms. The molecule has 0 spiro atoms. The van der Waals surface area contributed by atoms with Crippen molar-refractivity contribution in [2.24, 2.45) is 0 Å². The maximum atomic E-state index is 6.30. The summed E-state index contributed by atoms with van der Waals surface area (Å²) in [5.41, 5.74) is 12.0. The van der Waals surface area contributed by atoms with Crippen LogP contribution in [0.3, 0.4) is 0 Å². The number of para-hydroxylation sites is 1. The normalized spacial score (nSPS) is 12.0. The first-order valence-electron chi connectivity index (χ1n) is 15.2. The molecule has 0 aliphatic carbocycles. The maximum Gasteiger partial charge on any atom is 0.136 e. The molecule has 210 valence electrons. The second kappa shape index (κ2) is 9.22. The summed E-state index contributed by atoms with van der Waals surface area (Å²) in [7, 11) is 0. The molecule has 0 N–H and O–H groups in total. The molecule has 0 aliphatic heterocycles. The minimum atomic E-state index is 0.877. The van der Waals surface area contributed by atoms with E-state index in [0.717, 1.165) is 49.4 Å². The fourth-order valence-electron chi connectivity index (χ4n) is 6.85. The van der Waals surface area contributed by atoms with E-state index >= 15 is 0 Å². The average molecular weight is 576 g/mol. The Bertz CT molecular complexity index is 2720. The zero-order chi connectivity index (χ0) is 29.5. The Morgan fingerprint density at radius 2 is 0.911 bits per heavy atom. The number of hydrogen-bond acceptors (Lipinski definition) is 2. The quantitative estimate of drug-likeness (QED) is 0.210. The lowest BCUT2D eigenvalue weighted by Gasteiger charge is -2.08. The smallest absolute Gasteiger partial charge is 0.136 e. The van der Waals surface area contributed by atoms with E-state index in [-0.39, 0.29) is 0 Å². The van der Waals surface area contributed by atoms with Gasteiger partial charge in [-0.1, -0.05) is 78.9 Å². The first-order valence-corrected chi connectivity index (χ1v) is 15.2. The molecule has 4 heterocycles. The molecule has 0 unspecified atom stereocenters. The van der Waals surface area contributed by atoms with Crippen molar-refractivity contribution in [3.8, 4) is 33.4 Å². The van der Waals surface area contributed by atoms with Crippen molar-refractivity contribution >= 4 is 60.2 Å². The second-order valence-corrected chi connectivity index (χ2v) is 11.9. The molecule has 0 saturated carbocycles. The predicted molar refractivity (Wildman–Crippen MR) is 186 cm³/mol. The molecule has 0 amide bonds. The molecule has 6 aromatic carbocycles. The van der Waals surface area contributed by atoms with Crippen LogP contribution in [-0.2, 0) is 0 Å². The Hall–Kier alpha value is -6.06. The molecule has 0 aliphatic rings. The average Bonchev–Trinajstić information content (AvgIpc) is 3.79. The number of rotatable bonds is 3. The molecule has 0 saturated heterocycles. The lowest BCUT2D eigenvalue weighted by molar-refractivity contribution is 0.664. The van der Waals surface area contributed by atoms with Gasteiger partial charge in [-0.15, -0.1) is 0 Å². The maximum absolute atomic E-state index is 6.30. The van der Waals surface area contributed by atoms with Gasteiger partial charge in [0.2, 0.25) is 0 Å². The van der Waals surface area contributed by atoms with Crippen LogP contribution in [0.25, 0.3) is 93.5 Å². The molecule has 4 aromatic heterocycles. The largest absolute Gasteiger partial charge is 0.456 e. The van der Waals surface area contributed by atoms with Gasteiger partial charge < -0.3 is 13.2 Å². The number of nitrogens with zero attached hydrogens (tertiary/aromatic N) is 1. The van der Waals surface area contributed by atoms with Crippen LogP contribution in [0.1, 0.15) is 0 Å². The van der Waals surface area contributed by atoms with Crippen LogP contribution >= 0.6 is 0 Å². The van der Waals surface area contributed by atoms with E-state index in [1.165, 1.54) is 44.1 Å². The Labute approximate surface area is 258 Å². The van der Waals surface area contributed by atoms with E-state index in [4.69, 9.17) is 8.83 Å². The summed E-state index contributed by atoms with van der Waals surface area (Å²) in [6.45, 7) is 0. The number of hydrogen-bond donors (Lipinski definition) is 0. The molecule has 0 atom stereocenters. The van der Waals surface area contributed by atoms with Gasteiger partial charge in [-0.05, 0) is 99.3 Å². The summed E-state index contributed by atoms with van der Waals surface area (Å²) in [5.74, 6) is 0. The van der Waals surface area contributed by atoms with E-state index in [1.54, 1.807) is 0 Å². The van der Waals surface area contributed by atoms with Crippen molar-refractivity contribution in [2.45, 2.75) is 0 Å². The number of furan rings is 2. The van der Waals surface area contributed by atoms with Crippen LogP contribution in [0.15, 0.2) is 161 Å². The lowest BCUT2D eigenvalue weighted by atomic mass is 9.96.